The van der Waals surface area contributed by atoms with Crippen LogP contribution in [0.1, 0.15) is 48.8 Å². The molecule has 0 aliphatic carbocycles. The van der Waals surface area contributed by atoms with Gasteiger partial charge in [-0.2, -0.15) is 13.2 Å². The Morgan fingerprint density at radius 1 is 1.04 bits per heavy atom. The fourth-order valence-electron chi connectivity index (χ4n) is 4.62. The van der Waals surface area contributed by atoms with Gasteiger partial charge in [-0.15, -0.1) is 0 Å². The maximum atomic E-state index is 13.1. The van der Waals surface area contributed by atoms with E-state index in [0.29, 0.717) is 17.9 Å². The molecule has 12 nitrogen and oxygen atoms in total. The Bertz CT molecular complexity index is 1560. The normalized spacial score (nSPS) is 16.5. The Balaban J connectivity index is 0.000000738. The van der Waals surface area contributed by atoms with Crippen LogP contribution in [0.2, 0.25) is 0 Å². The Morgan fingerprint density at radius 2 is 1.67 bits per heavy atom. The smallest absolute Gasteiger partial charge is 0.489 e. The molecule has 2 aromatic carbocycles. The number of carboxylic acid groups (broad SMARTS) is 1. The number of aromatic nitrogens is 1. The molecule has 4 rings (SSSR count). The summed E-state index contributed by atoms with van der Waals surface area (Å²) in [5.74, 6) is -3.90. The molecule has 2 atom stereocenters. The van der Waals surface area contributed by atoms with Gasteiger partial charge in [0, 0.05) is 35.3 Å². The molecule has 15 heteroatoms. The number of aryl methyl sites for hydroxylation is 1. The average Bonchev–Trinajstić information content (AvgIpc) is 2.98. The van der Waals surface area contributed by atoms with Crippen LogP contribution in [-0.4, -0.2) is 75.0 Å². The molecule has 1 aliphatic rings. The van der Waals surface area contributed by atoms with E-state index < -0.39 is 47.6 Å². The van der Waals surface area contributed by atoms with Gasteiger partial charge in [-0.3, -0.25) is 19.8 Å². The van der Waals surface area contributed by atoms with Gasteiger partial charge in [0.2, 0.25) is 5.91 Å². The number of carboxylic acids is 1. The van der Waals surface area contributed by atoms with E-state index in [4.69, 9.17) is 19.4 Å². The number of hydrogen-bond acceptors (Lipinski definition) is 8. The van der Waals surface area contributed by atoms with Gasteiger partial charge in [0.1, 0.15) is 18.0 Å². The van der Waals surface area contributed by atoms with Gasteiger partial charge in [0.25, 0.3) is 5.91 Å². The quantitative estimate of drug-likeness (QED) is 0.220. The summed E-state index contributed by atoms with van der Waals surface area (Å²) in [4.78, 5) is 52.8. The first kappa shape index (κ1) is 35.6. The van der Waals surface area contributed by atoms with Gasteiger partial charge in [0.05, 0.1) is 17.5 Å². The van der Waals surface area contributed by atoms with E-state index in [1.165, 1.54) is 4.90 Å². The number of halogens is 3. The number of nitrogens with zero attached hydrogens (tertiary/aromatic N) is 2. The number of ether oxygens (including phenoxy) is 2. The summed E-state index contributed by atoms with van der Waals surface area (Å²) in [5.41, 5.74) is 4.18. The Kier molecular flexibility index (Phi) is 11.5. The average molecular weight is 649 g/mol. The number of aliphatic carboxylic acids is 1. The van der Waals surface area contributed by atoms with Crippen LogP contribution in [0.15, 0.2) is 54.6 Å². The minimum Gasteiger partial charge on any atom is -0.489 e. The number of hydrogen-bond donors (Lipinski definition) is 4. The highest BCUT2D eigenvalue weighted by atomic mass is 19.4. The van der Waals surface area contributed by atoms with Crippen molar-refractivity contribution in [2.24, 2.45) is 5.92 Å². The largest absolute Gasteiger partial charge is 0.490 e. The number of para-hydroxylation sites is 1. The van der Waals surface area contributed by atoms with Gasteiger partial charge in [-0.05, 0) is 70.5 Å². The van der Waals surface area contributed by atoms with Gasteiger partial charge in [-0.25, -0.2) is 15.1 Å². The first-order valence-electron chi connectivity index (χ1n) is 14.1. The van der Waals surface area contributed by atoms with Crippen molar-refractivity contribution in [2.75, 3.05) is 13.1 Å². The van der Waals surface area contributed by atoms with Crippen LogP contribution in [0.3, 0.4) is 0 Å². The van der Waals surface area contributed by atoms with Gasteiger partial charge in [-0.1, -0.05) is 18.2 Å². The monoisotopic (exact) mass is 648 g/mol. The number of rotatable bonds is 6. The molecular weight excluding hydrogens is 613 g/mol. The molecule has 1 saturated heterocycles. The number of hydroxylamine groups is 1. The Morgan fingerprint density at radius 3 is 2.26 bits per heavy atom. The molecule has 0 saturated carbocycles. The van der Waals surface area contributed by atoms with E-state index in [9.17, 15) is 32.8 Å². The standard InChI is InChI=1S/C29H34N4O6.C2HF3O2/c1-18-15-20(22-7-5-6-8-24(22)30-18)17-38-21-11-9-19(10-12-21)26(34)31-25-16-33(28(36)39-29(2,3)4)14-13-23(25)27(35)32-37;3-2(4,5)1(6)7/h5-12,15,23,25,37H,13-14,16-17H2,1-4H3,(H,31,34)(H,32,35);(H,6,7)/t23-,25+;/m0./s1. The van der Waals surface area contributed by atoms with Crippen LogP contribution in [0.25, 0.3) is 10.9 Å². The number of likely N-dealkylation sites (tertiary alicyclic amines) is 1. The van der Waals surface area contributed by atoms with E-state index in [-0.39, 0.29) is 19.5 Å². The highest BCUT2D eigenvalue weighted by Crippen LogP contribution is 2.23. The summed E-state index contributed by atoms with van der Waals surface area (Å²) in [6.45, 7) is 7.92. The van der Waals surface area contributed by atoms with Crippen LogP contribution in [0.4, 0.5) is 18.0 Å². The van der Waals surface area contributed by atoms with Crippen molar-refractivity contribution in [1.82, 2.24) is 20.7 Å². The summed E-state index contributed by atoms with van der Waals surface area (Å²) in [5, 5.41) is 20.2. The first-order valence-corrected chi connectivity index (χ1v) is 14.1. The van der Waals surface area contributed by atoms with E-state index >= 15 is 0 Å². The molecule has 1 aliphatic heterocycles. The van der Waals surface area contributed by atoms with Crippen LogP contribution in [0, 0.1) is 12.8 Å². The third-order valence-electron chi connectivity index (χ3n) is 6.71. The highest BCUT2D eigenvalue weighted by Gasteiger charge is 2.39. The minimum atomic E-state index is -5.08. The second-order valence-corrected chi connectivity index (χ2v) is 11.4. The second-order valence-electron chi connectivity index (χ2n) is 11.4. The van der Waals surface area contributed by atoms with E-state index in [0.717, 1.165) is 22.2 Å². The summed E-state index contributed by atoms with van der Waals surface area (Å²) in [7, 11) is 0. The zero-order valence-electron chi connectivity index (χ0n) is 25.6. The molecule has 0 radical (unpaired) electrons. The van der Waals surface area contributed by atoms with Gasteiger partial charge in [0.15, 0.2) is 0 Å². The number of amides is 3. The maximum absolute atomic E-state index is 13.1. The van der Waals surface area contributed by atoms with E-state index in [1.54, 1.807) is 50.5 Å². The van der Waals surface area contributed by atoms with Crippen molar-refractivity contribution in [3.63, 3.8) is 0 Å². The Labute approximate surface area is 262 Å². The Hall–Kier alpha value is -4.92. The number of carbonyl (C=O) groups excluding carboxylic acids is 3. The zero-order valence-corrected chi connectivity index (χ0v) is 25.6. The lowest BCUT2D eigenvalue weighted by atomic mass is 9.90. The lowest BCUT2D eigenvalue weighted by Crippen LogP contribution is -2.57. The topological polar surface area (TPSA) is 167 Å². The highest BCUT2D eigenvalue weighted by molar-refractivity contribution is 5.95. The number of benzene rings is 2. The number of alkyl halides is 3. The zero-order chi connectivity index (χ0) is 34.2. The van der Waals surface area contributed by atoms with Gasteiger partial charge >= 0.3 is 18.2 Å². The number of nitrogens with one attached hydrogen (secondary N) is 2. The van der Waals surface area contributed by atoms with Crippen molar-refractivity contribution in [1.29, 1.82) is 0 Å². The van der Waals surface area contributed by atoms with Crippen molar-refractivity contribution >= 4 is 34.8 Å². The summed E-state index contributed by atoms with van der Waals surface area (Å²) < 4.78 is 43.2. The molecule has 248 valence electrons. The summed E-state index contributed by atoms with van der Waals surface area (Å²) in [6, 6.07) is 15.8. The van der Waals surface area contributed by atoms with Crippen molar-refractivity contribution in [3.8, 4) is 5.75 Å². The lowest BCUT2D eigenvalue weighted by Gasteiger charge is -2.38. The van der Waals surface area contributed by atoms with Gasteiger partial charge < -0.3 is 24.8 Å². The fourth-order valence-corrected chi connectivity index (χ4v) is 4.62. The van der Waals surface area contributed by atoms with Crippen LogP contribution < -0.4 is 15.5 Å². The number of pyridine rings is 1. The molecule has 1 fully saturated rings. The lowest BCUT2D eigenvalue weighted by molar-refractivity contribution is -0.192. The van der Waals surface area contributed by atoms with Crippen molar-refractivity contribution in [3.05, 3.63) is 71.4 Å². The van der Waals surface area contributed by atoms with E-state index in [1.807, 2.05) is 37.3 Å². The number of carbonyl (C=O) groups is 4. The molecule has 3 aromatic rings. The molecule has 2 heterocycles. The molecule has 1 aromatic heterocycles. The molecule has 0 unspecified atom stereocenters. The first-order chi connectivity index (χ1) is 21.5. The molecule has 3 amide bonds. The second kappa shape index (κ2) is 14.9. The molecule has 4 N–H and O–H groups in total. The SMILES string of the molecule is Cc1cc(COc2ccc(C(=O)N[C@@H]3CN(C(=O)OC(C)(C)C)CC[C@@H]3C(=O)NO)cc2)c2ccccc2n1.O=C(O)C(F)(F)F. The van der Waals surface area contributed by atoms with E-state index in [2.05, 4.69) is 10.3 Å². The minimum absolute atomic E-state index is 0.0687. The maximum Gasteiger partial charge on any atom is 0.490 e. The summed E-state index contributed by atoms with van der Waals surface area (Å²) >= 11 is 0. The predicted molar refractivity (Wildman–Crippen MR) is 158 cm³/mol. The van der Waals surface area contributed by atoms with Crippen LogP contribution in [0.5, 0.6) is 5.75 Å². The molecule has 0 bridgehead atoms. The summed E-state index contributed by atoms with van der Waals surface area (Å²) in [6.07, 6.45) is -5.35. The molecule has 46 heavy (non-hydrogen) atoms. The third-order valence-corrected chi connectivity index (χ3v) is 6.71. The predicted octanol–water partition coefficient (Wildman–Crippen LogP) is 4.62. The molecular formula is C31H35F3N4O8. The molecule has 0 spiro atoms. The fraction of sp³-hybridized carbons (Fsp3) is 0.387. The number of piperidine rings is 1. The van der Waals surface area contributed by atoms with Crippen LogP contribution in [-0.2, 0) is 20.9 Å². The third kappa shape index (κ3) is 10.1. The van der Waals surface area contributed by atoms with Crippen LogP contribution >= 0.6 is 0 Å². The van der Waals surface area contributed by atoms with Crippen molar-refractivity contribution in [2.45, 2.75) is 58.5 Å². The van der Waals surface area contributed by atoms with Crippen molar-refractivity contribution < 1.29 is 52.1 Å². The number of fused-ring (bicyclic) bond motifs is 1.